The van der Waals surface area contributed by atoms with Gasteiger partial charge in [-0.15, -0.1) is 15.0 Å². The van der Waals surface area contributed by atoms with E-state index in [1.807, 2.05) is 23.0 Å². The maximum Gasteiger partial charge on any atom is 0.178 e. The quantitative estimate of drug-likeness (QED) is 0.132. The van der Waals surface area contributed by atoms with Gasteiger partial charge in [-0.25, -0.2) is 4.98 Å². The molecule has 0 saturated heterocycles. The Morgan fingerprint density at radius 3 is 1.90 bits per heavy atom. The fourth-order valence-electron chi connectivity index (χ4n) is 7.66. The van der Waals surface area contributed by atoms with E-state index in [1.54, 1.807) is 0 Å². The predicted octanol–water partition coefficient (Wildman–Crippen LogP) is 8.69. The lowest BCUT2D eigenvalue weighted by Crippen LogP contribution is -2.39. The van der Waals surface area contributed by atoms with Gasteiger partial charge in [0.2, 0.25) is 0 Å². The second-order valence-electron chi connectivity index (χ2n) is 13.1. The van der Waals surface area contributed by atoms with Crippen LogP contribution in [-0.4, -0.2) is 34.9 Å². The first-order chi connectivity index (χ1) is 24.1. The number of imidazole rings is 1. The van der Waals surface area contributed by atoms with Crippen molar-refractivity contribution in [3.63, 3.8) is 0 Å². The molecule has 0 amide bonds. The van der Waals surface area contributed by atoms with E-state index in [-0.39, 0.29) is 18.4 Å². The summed E-state index contributed by atoms with van der Waals surface area (Å²) in [5.41, 5.74) is 5.56. The second-order valence-corrected chi connectivity index (χ2v) is 13.5. The molecule has 2 atom stereocenters. The Kier molecular flexibility index (Phi) is 10.0. The monoisotopic (exact) mass is 670 g/mol. The number of aryl methyl sites for hydroxylation is 1. The summed E-state index contributed by atoms with van der Waals surface area (Å²) >= 11 is 6.42. The molecule has 0 bridgehead atoms. The fourth-order valence-corrected chi connectivity index (χ4v) is 7.92. The number of hydrogen-bond donors (Lipinski definition) is 1. The van der Waals surface area contributed by atoms with Crippen molar-refractivity contribution in [1.82, 2.24) is 29.8 Å². The molecule has 2 aromatic heterocycles. The van der Waals surface area contributed by atoms with E-state index in [0.717, 1.165) is 72.4 Å². The van der Waals surface area contributed by atoms with Crippen molar-refractivity contribution in [3.8, 4) is 0 Å². The zero-order valence-corrected chi connectivity index (χ0v) is 28.8. The fraction of sp³-hybridized carbons (Fsp3) is 0.317. The molecule has 1 aliphatic carbocycles. The van der Waals surface area contributed by atoms with E-state index in [2.05, 4.69) is 114 Å². The molecule has 1 aliphatic rings. The Balaban J connectivity index is 1.23. The number of aromatic nitrogens is 6. The summed E-state index contributed by atoms with van der Waals surface area (Å²) in [5.74, 6) is 2.17. The van der Waals surface area contributed by atoms with Crippen molar-refractivity contribution in [1.29, 1.82) is 0 Å². The van der Waals surface area contributed by atoms with Crippen LogP contribution in [0, 0.1) is 0 Å². The number of nitrogens with zero attached hydrogens (tertiary/aromatic N) is 6. The number of tetrazole rings is 1. The Bertz CT molecular complexity index is 1840. The van der Waals surface area contributed by atoms with Gasteiger partial charge in [-0.3, -0.25) is 0 Å². The van der Waals surface area contributed by atoms with Crippen molar-refractivity contribution >= 4 is 11.6 Å². The standard InChI is InChI=1S/C41H43ClN6O/c1-2-3-23-38-43-39(42)37(29-49)47(38)28-30-24-26-31(27-25-30)35-21-13-14-22-36(35)40-44-46-48(45-40)41(32-15-7-4-8-16-32,33-17-9-5-10-18-33)34-19-11-6-12-20-34/h4-12,15-20,24-27,35-36,49H,2-3,13-14,21-23,28-29H2,1H3/t35-,36+/m0/s1. The lowest BCUT2D eigenvalue weighted by Gasteiger charge is -2.34. The summed E-state index contributed by atoms with van der Waals surface area (Å²) in [4.78, 5) is 6.42. The highest BCUT2D eigenvalue weighted by atomic mass is 35.5. The topological polar surface area (TPSA) is 81.7 Å². The van der Waals surface area contributed by atoms with E-state index < -0.39 is 5.54 Å². The maximum atomic E-state index is 10.0. The minimum absolute atomic E-state index is 0.131. The van der Waals surface area contributed by atoms with E-state index in [9.17, 15) is 5.11 Å². The van der Waals surface area contributed by atoms with Gasteiger partial charge < -0.3 is 9.67 Å². The van der Waals surface area contributed by atoms with Crippen LogP contribution in [0.4, 0.5) is 0 Å². The molecule has 8 heteroatoms. The predicted molar refractivity (Wildman–Crippen MR) is 194 cm³/mol. The molecular formula is C41H43ClN6O. The number of hydrogen-bond acceptors (Lipinski definition) is 5. The Labute approximate surface area is 293 Å². The van der Waals surface area contributed by atoms with E-state index in [1.165, 1.54) is 12.0 Å². The number of rotatable bonds is 12. The van der Waals surface area contributed by atoms with Crippen molar-refractivity contribution < 1.29 is 5.11 Å². The first kappa shape index (κ1) is 32.9. The lowest BCUT2D eigenvalue weighted by molar-refractivity contribution is 0.271. The second kappa shape index (κ2) is 14.9. The van der Waals surface area contributed by atoms with Gasteiger partial charge >= 0.3 is 0 Å². The van der Waals surface area contributed by atoms with Crippen LogP contribution in [0.25, 0.3) is 0 Å². The number of benzene rings is 4. The van der Waals surface area contributed by atoms with Crippen LogP contribution in [0.15, 0.2) is 115 Å². The molecule has 7 rings (SSSR count). The summed E-state index contributed by atoms with van der Waals surface area (Å²) in [5, 5.41) is 25.4. The largest absolute Gasteiger partial charge is 0.390 e. The Hall–Kier alpha value is -4.59. The first-order valence-corrected chi connectivity index (χ1v) is 17.9. The molecule has 0 spiro atoms. The van der Waals surface area contributed by atoms with Crippen LogP contribution in [0.3, 0.4) is 0 Å². The number of aliphatic hydroxyl groups excluding tert-OH is 1. The minimum Gasteiger partial charge on any atom is -0.390 e. The summed E-state index contributed by atoms with van der Waals surface area (Å²) in [6, 6.07) is 40.4. The lowest BCUT2D eigenvalue weighted by atomic mass is 9.75. The average molecular weight is 671 g/mol. The highest BCUT2D eigenvalue weighted by Crippen LogP contribution is 2.44. The van der Waals surface area contributed by atoms with E-state index in [0.29, 0.717) is 17.4 Å². The highest BCUT2D eigenvalue weighted by molar-refractivity contribution is 6.30. The normalized spacial score (nSPS) is 16.6. The molecule has 6 aromatic rings. The van der Waals surface area contributed by atoms with Gasteiger partial charge in [0.25, 0.3) is 0 Å². The van der Waals surface area contributed by atoms with Gasteiger partial charge in [0.05, 0.1) is 12.3 Å². The summed E-state index contributed by atoms with van der Waals surface area (Å²) in [6.07, 6.45) is 7.35. The van der Waals surface area contributed by atoms with Crippen molar-refractivity contribution in [2.75, 3.05) is 0 Å². The van der Waals surface area contributed by atoms with Crippen LogP contribution >= 0.6 is 11.6 Å². The number of halogens is 1. The molecule has 0 unspecified atom stereocenters. The summed E-state index contributed by atoms with van der Waals surface area (Å²) < 4.78 is 2.08. The summed E-state index contributed by atoms with van der Waals surface area (Å²) in [6.45, 7) is 2.66. The number of aliphatic hydroxyl groups is 1. The third-order valence-corrected chi connectivity index (χ3v) is 10.5. The maximum absolute atomic E-state index is 10.0. The van der Waals surface area contributed by atoms with Gasteiger partial charge in [-0.1, -0.05) is 153 Å². The SMILES string of the molecule is CCCCc1nc(Cl)c(CO)n1Cc1ccc([C@@H]2CCCC[C@H]2c2nnn(C(c3ccccc3)(c3ccccc3)c3ccccc3)n2)cc1. The molecule has 4 aromatic carbocycles. The van der Waals surface area contributed by atoms with Crippen molar-refractivity contribution in [2.24, 2.45) is 0 Å². The molecule has 250 valence electrons. The van der Waals surface area contributed by atoms with Crippen LogP contribution in [0.5, 0.6) is 0 Å². The molecule has 0 radical (unpaired) electrons. The molecule has 1 saturated carbocycles. The smallest absolute Gasteiger partial charge is 0.178 e. The van der Waals surface area contributed by atoms with Crippen molar-refractivity contribution in [3.05, 3.63) is 166 Å². The third-order valence-electron chi connectivity index (χ3n) is 10.2. The molecule has 7 nitrogen and oxygen atoms in total. The molecule has 1 fully saturated rings. The Morgan fingerprint density at radius 2 is 1.35 bits per heavy atom. The zero-order valence-electron chi connectivity index (χ0n) is 28.0. The van der Waals surface area contributed by atoms with Crippen LogP contribution in [0.2, 0.25) is 5.15 Å². The minimum atomic E-state index is -0.791. The highest BCUT2D eigenvalue weighted by Gasteiger charge is 2.42. The Morgan fingerprint density at radius 1 is 0.776 bits per heavy atom. The zero-order chi connectivity index (χ0) is 33.6. The van der Waals surface area contributed by atoms with Gasteiger partial charge in [-0.2, -0.15) is 0 Å². The molecule has 1 N–H and O–H groups in total. The first-order valence-electron chi connectivity index (χ1n) is 17.5. The summed E-state index contributed by atoms with van der Waals surface area (Å²) in [7, 11) is 0. The van der Waals surface area contributed by atoms with E-state index in [4.69, 9.17) is 27.0 Å². The molecular weight excluding hydrogens is 628 g/mol. The molecule has 2 heterocycles. The third kappa shape index (κ3) is 6.45. The molecule has 0 aliphatic heterocycles. The van der Waals surface area contributed by atoms with Crippen LogP contribution in [0.1, 0.15) is 102 Å². The number of unbranched alkanes of at least 4 members (excludes halogenated alkanes) is 1. The van der Waals surface area contributed by atoms with Crippen LogP contribution in [-0.2, 0) is 25.1 Å². The molecule has 49 heavy (non-hydrogen) atoms. The van der Waals surface area contributed by atoms with Gasteiger partial charge in [0.15, 0.2) is 16.5 Å². The average Bonchev–Trinajstić information content (AvgIpc) is 3.77. The van der Waals surface area contributed by atoms with Gasteiger partial charge in [0, 0.05) is 18.9 Å². The van der Waals surface area contributed by atoms with Gasteiger partial charge in [0.1, 0.15) is 5.82 Å². The van der Waals surface area contributed by atoms with Crippen LogP contribution < -0.4 is 0 Å². The van der Waals surface area contributed by atoms with Crippen molar-refractivity contribution in [2.45, 2.75) is 82.4 Å². The van der Waals surface area contributed by atoms with E-state index >= 15 is 0 Å². The van der Waals surface area contributed by atoms with Gasteiger partial charge in [-0.05, 0) is 58.2 Å².